The Morgan fingerprint density at radius 3 is 2.24 bits per heavy atom. The molecule has 0 fully saturated rings. The van der Waals surface area contributed by atoms with Crippen molar-refractivity contribution in [3.05, 3.63) is 115 Å². The van der Waals surface area contributed by atoms with Gasteiger partial charge in [0.25, 0.3) is 5.69 Å². The number of aliphatic hydroxyl groups is 1. The normalized spacial score (nSPS) is 10.9. The van der Waals surface area contributed by atoms with Crippen molar-refractivity contribution in [1.82, 2.24) is 0 Å². The van der Waals surface area contributed by atoms with Crippen molar-refractivity contribution in [3.8, 4) is 5.75 Å². The monoisotopic (exact) mass is 1010 g/mol. The second-order valence-corrected chi connectivity index (χ2v) is 43.9. The van der Waals surface area contributed by atoms with Gasteiger partial charge in [0, 0.05) is 35.1 Å². The molecule has 3 aromatic rings. The summed E-state index contributed by atoms with van der Waals surface area (Å²) in [6.07, 6.45) is -0.934. The molecule has 15 nitrogen and oxygen atoms in total. The number of carbonyl (C=O) groups is 4. The van der Waals surface area contributed by atoms with Crippen LogP contribution in [-0.4, -0.2) is 34.0 Å². The van der Waals surface area contributed by atoms with E-state index >= 15 is 0 Å². The number of cyclic esters (lactones) is 1. The summed E-state index contributed by atoms with van der Waals surface area (Å²) in [5.41, 5.74) is 11.1. The summed E-state index contributed by atoms with van der Waals surface area (Å²) in [5.74, 6) is -1.41. The zero-order chi connectivity index (χ0) is 34.2. The zero-order valence-electron chi connectivity index (χ0n) is 23.5. The Morgan fingerprint density at radius 2 is 1.65 bits per heavy atom. The van der Waals surface area contributed by atoms with Crippen LogP contribution in [0.15, 0.2) is 65.8 Å². The van der Waals surface area contributed by atoms with Crippen molar-refractivity contribution < 1.29 is 53.1 Å². The molecule has 46 heavy (non-hydrogen) atoms. The van der Waals surface area contributed by atoms with Crippen molar-refractivity contribution in [1.29, 1.82) is 0 Å². The molecule has 0 unspecified atom stereocenters. The third-order valence-electron chi connectivity index (χ3n) is 5.50. The van der Waals surface area contributed by atoms with Gasteiger partial charge < -0.3 is 24.1 Å². The molecule has 0 bridgehead atoms. The predicted molar refractivity (Wildman–Crippen MR) is 183 cm³/mol. The molecule has 0 radical (unpaired) electrons. The van der Waals surface area contributed by atoms with Gasteiger partial charge in [0.05, 0.1) is 17.1 Å². The van der Waals surface area contributed by atoms with Gasteiger partial charge in [-0.25, -0.2) is 9.59 Å². The van der Waals surface area contributed by atoms with Crippen molar-refractivity contribution in [2.45, 2.75) is 33.4 Å². The van der Waals surface area contributed by atoms with Crippen LogP contribution in [0.25, 0.3) is 10.4 Å². The van der Waals surface area contributed by atoms with E-state index in [1.54, 1.807) is 24.3 Å². The number of esters is 2. The molecule has 1 heterocycles. The summed E-state index contributed by atoms with van der Waals surface area (Å²) in [5, 5.41) is 22.6. The topological polar surface area (TPSA) is 217 Å². The number of fused-ring (bicyclic) bond motifs is 1. The Kier molecular flexibility index (Phi) is 17.3. The van der Waals surface area contributed by atoms with Crippen LogP contribution >= 0.6 is 59.9 Å². The van der Waals surface area contributed by atoms with E-state index in [0.717, 1.165) is 5.56 Å². The summed E-state index contributed by atoms with van der Waals surface area (Å²) in [7, 11) is 0. The van der Waals surface area contributed by atoms with Gasteiger partial charge in [-0.1, -0.05) is 18.2 Å². The average molecular weight is 1010 g/mol. The van der Waals surface area contributed by atoms with Crippen molar-refractivity contribution in [2.75, 3.05) is 0 Å². The number of nitro groups is 1. The number of azide groups is 1. The van der Waals surface area contributed by atoms with E-state index in [1.165, 1.54) is 43.3 Å². The first kappa shape index (κ1) is 39.2. The van der Waals surface area contributed by atoms with Crippen LogP contribution in [0.3, 0.4) is 0 Å². The predicted octanol–water partition coefficient (Wildman–Crippen LogP) is 7.33. The van der Waals surface area contributed by atoms with Gasteiger partial charge in [0.1, 0.15) is 25.6 Å². The molecule has 242 valence electrons. The molecular formula is C27H22I3N4O11V. The fourth-order valence-corrected chi connectivity index (χ4v) is 3.54. The Morgan fingerprint density at radius 1 is 1.04 bits per heavy atom. The molecule has 0 spiro atoms. The van der Waals surface area contributed by atoms with E-state index in [1.807, 2.05) is 0 Å². The Labute approximate surface area is 298 Å². The summed E-state index contributed by atoms with van der Waals surface area (Å²) in [4.78, 5) is 57.1. The molecule has 0 aliphatic carbocycles. The second kappa shape index (κ2) is 20.3. The van der Waals surface area contributed by atoms with E-state index in [2.05, 4.69) is 70.0 Å². The fraction of sp³-hybridized carbons (Fsp3) is 0.185. The zero-order valence-corrected chi connectivity index (χ0v) is 31.4. The Balaban J connectivity index is 0.000000297. The van der Waals surface area contributed by atoms with Crippen LogP contribution in [0.2, 0.25) is 0 Å². The number of non-ortho nitro benzene ring substituents is 1. The molecule has 1 amide bonds. The van der Waals surface area contributed by atoms with E-state index in [-0.39, 0.29) is 54.3 Å². The Hall–Kier alpha value is -3.02. The Bertz CT molecular complexity index is 1630. The van der Waals surface area contributed by atoms with Gasteiger partial charge in [0.2, 0.25) is 5.91 Å². The van der Waals surface area contributed by atoms with Crippen molar-refractivity contribution in [3.63, 3.8) is 0 Å². The maximum atomic E-state index is 11.6. The first-order valence-corrected chi connectivity index (χ1v) is 26.0. The molecule has 4 rings (SSSR count). The van der Waals surface area contributed by atoms with Crippen LogP contribution in [0.5, 0.6) is 5.75 Å². The third kappa shape index (κ3) is 13.8. The van der Waals surface area contributed by atoms with Crippen LogP contribution in [-0.2, 0) is 50.4 Å². The average Bonchev–Trinajstić information content (AvgIpc) is 3.38. The number of benzene rings is 3. The minimum atomic E-state index is -0.934. The number of hydrogen-bond donors (Lipinski definition) is 1. The molecule has 19 heteroatoms. The van der Waals surface area contributed by atoms with Gasteiger partial charge >= 0.3 is 83.0 Å². The summed E-state index contributed by atoms with van der Waals surface area (Å²) >= 11 is 7.39. The fourth-order valence-electron chi connectivity index (χ4n) is 3.54. The summed E-state index contributed by atoms with van der Waals surface area (Å²) in [6, 6.07) is 14.5. The molecule has 1 aliphatic heterocycles. The molecule has 0 atom stereocenters. The first-order valence-electron chi connectivity index (χ1n) is 12.5. The first-order chi connectivity index (χ1) is 21.8. The molecule has 0 saturated heterocycles. The number of aliphatic hydroxyl groups excluding tert-OH is 1. The number of nitrogens with zero attached hydrogens (tertiary/aromatic N) is 4. The van der Waals surface area contributed by atoms with E-state index in [4.69, 9.17) is 29.6 Å². The van der Waals surface area contributed by atoms with Gasteiger partial charge in [0.15, 0.2) is 0 Å². The van der Waals surface area contributed by atoms with E-state index in [9.17, 15) is 29.3 Å². The number of amides is 1. The summed E-state index contributed by atoms with van der Waals surface area (Å²) < 4.78 is 19.6. The molecule has 0 saturated carbocycles. The number of halogens is 3. The number of ether oxygens (including phenoxy) is 4. The van der Waals surface area contributed by atoms with E-state index in [0.29, 0.717) is 22.3 Å². The van der Waals surface area contributed by atoms with E-state index < -0.39 is 23.0 Å². The van der Waals surface area contributed by atoms with Crippen LogP contribution in [0.4, 0.5) is 10.5 Å². The number of rotatable bonds is 8. The quantitative estimate of drug-likeness (QED) is 0.0271. The van der Waals surface area contributed by atoms with Crippen LogP contribution in [0, 0.1) is 10.1 Å². The molecular weight excluding hydrogens is 988 g/mol. The molecule has 1 aliphatic rings. The molecule has 0 aromatic heterocycles. The number of hydrogen-bond acceptors (Lipinski definition) is 11. The van der Waals surface area contributed by atoms with Gasteiger partial charge in [-0.3, -0.25) is 19.7 Å². The van der Waals surface area contributed by atoms with Crippen LogP contribution < -0.4 is 4.74 Å². The summed E-state index contributed by atoms with van der Waals surface area (Å²) in [6.45, 7) is 1.13. The third-order valence-corrected chi connectivity index (χ3v) is 5.50. The van der Waals surface area contributed by atoms with Gasteiger partial charge in [-0.2, -0.15) is 0 Å². The molecule has 1 N–H and O–H groups in total. The van der Waals surface area contributed by atoms with Crippen molar-refractivity contribution >= 4 is 89.6 Å². The number of nitro benzene ring substituents is 1. The minimum absolute atomic E-state index is 0.0344. The molecule has 3 aromatic carbocycles. The maximum absolute atomic E-state index is 11.6. The van der Waals surface area contributed by atoms with Crippen molar-refractivity contribution in [2.24, 2.45) is 5.11 Å². The van der Waals surface area contributed by atoms with Crippen LogP contribution in [0.1, 0.15) is 49.9 Å². The standard InChI is InChI=1S/C16H11NO7.C11H11N3O4.3HI.V/c18-15-14-6-1-10(7-11(14)9-22-15)8-23-16(19)24-13-4-2-12(3-5-13)17(20)21;1-7(16)18-6-8-2-3-10(9(4-8)5-15)11(17)13-14-12;;;;/h1-7H,8-9H2;2-4,15H,5-6H2,1H3;3*1H;/q;;;;;+3/p-3. The number of carbonyl (C=O) groups excluding carboxylic acids is 4. The second-order valence-electron chi connectivity index (χ2n) is 8.58. The SMILES string of the molecule is CC(=O)OCc1ccc(C(=O)N=[N+]=[N-])c(CO)c1.O=C(OCc1ccc2c(c1)COC2=O)Oc1ccc([N+](=O)[O-])cc1.[I][V]([I])[I]. The van der Waals surface area contributed by atoms with Gasteiger partial charge in [-0.15, -0.1) is 0 Å². The van der Waals surface area contributed by atoms with Gasteiger partial charge in [-0.05, 0) is 57.7 Å².